The van der Waals surface area contributed by atoms with Crippen LogP contribution in [0.15, 0.2) is 47.3 Å². The summed E-state index contributed by atoms with van der Waals surface area (Å²) >= 11 is 0. The van der Waals surface area contributed by atoms with Crippen molar-refractivity contribution >= 4 is 0 Å². The summed E-state index contributed by atoms with van der Waals surface area (Å²) in [6, 6.07) is 8.31. The molecule has 2 rings (SSSR count). The van der Waals surface area contributed by atoms with Gasteiger partial charge in [0.15, 0.2) is 0 Å². The van der Waals surface area contributed by atoms with Gasteiger partial charge >= 0.3 is 6.61 Å². The molecular weight excluding hydrogens is 252 g/mol. The molecule has 0 aliphatic rings. The van der Waals surface area contributed by atoms with Crippen molar-refractivity contribution in [3.63, 3.8) is 0 Å². The highest BCUT2D eigenvalue weighted by atomic mass is 19.3. The van der Waals surface area contributed by atoms with Crippen molar-refractivity contribution in [3.05, 3.63) is 54.0 Å². The van der Waals surface area contributed by atoms with E-state index in [2.05, 4.69) is 10.1 Å². The zero-order valence-corrected chi connectivity index (χ0v) is 10.5. The lowest BCUT2D eigenvalue weighted by atomic mass is 10.0. The molecule has 0 amide bonds. The van der Waals surface area contributed by atoms with E-state index in [-0.39, 0.29) is 11.8 Å². The van der Waals surface area contributed by atoms with Crippen LogP contribution in [-0.4, -0.2) is 13.2 Å². The summed E-state index contributed by atoms with van der Waals surface area (Å²) in [5, 5.41) is 3.23. The van der Waals surface area contributed by atoms with Crippen molar-refractivity contribution in [3.8, 4) is 5.75 Å². The van der Waals surface area contributed by atoms with Crippen molar-refractivity contribution in [2.45, 2.75) is 19.6 Å². The Bertz CT molecular complexity index is 500. The Kier molecular flexibility index (Phi) is 4.52. The van der Waals surface area contributed by atoms with E-state index in [1.54, 1.807) is 36.8 Å². The Hall–Kier alpha value is -1.88. The molecule has 1 atom stereocenters. The molecule has 1 heterocycles. The fraction of sp³-hybridized carbons (Fsp3) is 0.286. The van der Waals surface area contributed by atoms with Crippen LogP contribution >= 0.6 is 0 Å². The van der Waals surface area contributed by atoms with Gasteiger partial charge in [0, 0.05) is 11.1 Å². The normalized spacial score (nSPS) is 12.6. The van der Waals surface area contributed by atoms with E-state index in [9.17, 15) is 8.78 Å². The molecule has 1 N–H and O–H groups in total. The molecule has 102 valence electrons. The number of alkyl halides is 2. The van der Waals surface area contributed by atoms with E-state index in [0.717, 1.165) is 5.56 Å². The molecule has 0 bridgehead atoms. The maximum absolute atomic E-state index is 12.4. The van der Waals surface area contributed by atoms with E-state index in [0.29, 0.717) is 12.1 Å². The minimum absolute atomic E-state index is 0.171. The van der Waals surface area contributed by atoms with Crippen LogP contribution < -0.4 is 10.1 Å². The average Bonchev–Trinajstić information content (AvgIpc) is 2.90. The summed E-state index contributed by atoms with van der Waals surface area (Å²) in [6.45, 7) is -0.199. The van der Waals surface area contributed by atoms with Gasteiger partial charge in [-0.25, -0.2) is 0 Å². The highest BCUT2D eigenvalue weighted by molar-refractivity contribution is 5.40. The number of benzene rings is 1. The Morgan fingerprint density at radius 3 is 2.68 bits per heavy atom. The summed E-state index contributed by atoms with van der Waals surface area (Å²) in [5.41, 5.74) is 1.53. The minimum Gasteiger partial charge on any atom is -0.472 e. The van der Waals surface area contributed by atoms with Gasteiger partial charge in [-0.1, -0.05) is 25.1 Å². The second-order valence-electron chi connectivity index (χ2n) is 3.96. The number of nitrogens with one attached hydrogen (secondary N) is 1. The molecule has 0 aliphatic heterocycles. The topological polar surface area (TPSA) is 34.4 Å². The van der Waals surface area contributed by atoms with Crippen molar-refractivity contribution < 1.29 is 17.9 Å². The molecule has 3 nitrogen and oxygen atoms in total. The summed E-state index contributed by atoms with van der Waals surface area (Å²) in [6.07, 6.45) is 3.14. The number of rotatable bonds is 6. The minimum atomic E-state index is -2.84. The van der Waals surface area contributed by atoms with Crippen molar-refractivity contribution in [1.82, 2.24) is 5.32 Å². The van der Waals surface area contributed by atoms with Crippen LogP contribution in [-0.2, 0) is 0 Å². The predicted molar refractivity (Wildman–Crippen MR) is 67.3 cm³/mol. The lowest BCUT2D eigenvalue weighted by Gasteiger charge is -2.20. The van der Waals surface area contributed by atoms with Gasteiger partial charge in [0.1, 0.15) is 5.75 Å². The van der Waals surface area contributed by atoms with E-state index >= 15 is 0 Å². The SMILES string of the molecule is CCNC(c1ccoc1)c1ccccc1OC(F)F. The van der Waals surface area contributed by atoms with Gasteiger partial charge < -0.3 is 14.5 Å². The van der Waals surface area contributed by atoms with E-state index in [1.807, 2.05) is 6.92 Å². The average molecular weight is 267 g/mol. The maximum atomic E-state index is 12.4. The van der Waals surface area contributed by atoms with Gasteiger partial charge in [0.05, 0.1) is 18.6 Å². The predicted octanol–water partition coefficient (Wildman–Crippen LogP) is 3.58. The van der Waals surface area contributed by atoms with Gasteiger partial charge in [-0.15, -0.1) is 0 Å². The standard InChI is InChI=1S/C14H15F2NO2/c1-2-17-13(10-7-8-18-9-10)11-5-3-4-6-12(11)19-14(15)16/h3-9,13-14,17H,2H2,1H3. The van der Waals surface area contributed by atoms with Crippen LogP contribution in [0.3, 0.4) is 0 Å². The summed E-state index contributed by atoms with van der Waals surface area (Å²) in [7, 11) is 0. The maximum Gasteiger partial charge on any atom is 0.387 e. The van der Waals surface area contributed by atoms with E-state index in [1.165, 1.54) is 6.07 Å². The highest BCUT2D eigenvalue weighted by Gasteiger charge is 2.19. The van der Waals surface area contributed by atoms with Crippen LogP contribution in [0, 0.1) is 0 Å². The van der Waals surface area contributed by atoms with Gasteiger partial charge in [0.2, 0.25) is 0 Å². The van der Waals surface area contributed by atoms with E-state index in [4.69, 9.17) is 4.42 Å². The summed E-state index contributed by atoms with van der Waals surface area (Å²) < 4.78 is 34.5. The monoisotopic (exact) mass is 267 g/mol. The molecule has 0 saturated heterocycles. The third-order valence-electron chi connectivity index (χ3n) is 2.73. The first-order valence-corrected chi connectivity index (χ1v) is 6.01. The molecule has 0 fully saturated rings. The fourth-order valence-electron chi connectivity index (χ4n) is 1.97. The zero-order valence-electron chi connectivity index (χ0n) is 10.5. The van der Waals surface area contributed by atoms with Gasteiger partial charge in [-0.2, -0.15) is 8.78 Å². The van der Waals surface area contributed by atoms with E-state index < -0.39 is 6.61 Å². The third kappa shape index (κ3) is 3.32. The van der Waals surface area contributed by atoms with Gasteiger partial charge in [0.25, 0.3) is 0 Å². The molecule has 0 aliphatic carbocycles. The zero-order chi connectivity index (χ0) is 13.7. The Morgan fingerprint density at radius 1 is 1.26 bits per heavy atom. The van der Waals surface area contributed by atoms with Gasteiger partial charge in [-0.3, -0.25) is 0 Å². The Labute approximate surface area is 110 Å². The van der Waals surface area contributed by atoms with Crippen LogP contribution in [0.25, 0.3) is 0 Å². The third-order valence-corrected chi connectivity index (χ3v) is 2.73. The summed E-state index contributed by atoms with van der Waals surface area (Å²) in [5.74, 6) is 0.171. The molecular formula is C14H15F2NO2. The molecule has 0 radical (unpaired) electrons. The highest BCUT2D eigenvalue weighted by Crippen LogP contribution is 2.31. The second-order valence-corrected chi connectivity index (χ2v) is 3.96. The van der Waals surface area contributed by atoms with Crippen molar-refractivity contribution in [2.75, 3.05) is 6.54 Å². The molecule has 0 spiro atoms. The van der Waals surface area contributed by atoms with Crippen LogP contribution in [0.2, 0.25) is 0 Å². The quantitative estimate of drug-likeness (QED) is 0.868. The van der Waals surface area contributed by atoms with Crippen LogP contribution in [0.5, 0.6) is 5.75 Å². The van der Waals surface area contributed by atoms with Crippen molar-refractivity contribution in [2.24, 2.45) is 0 Å². The molecule has 0 saturated carbocycles. The van der Waals surface area contributed by atoms with Crippen LogP contribution in [0.4, 0.5) is 8.78 Å². The molecule has 1 unspecified atom stereocenters. The fourth-order valence-corrected chi connectivity index (χ4v) is 1.97. The molecule has 5 heteroatoms. The molecule has 1 aromatic carbocycles. The first-order valence-electron chi connectivity index (χ1n) is 6.01. The first-order chi connectivity index (χ1) is 9.22. The first kappa shape index (κ1) is 13.5. The number of ether oxygens (including phenoxy) is 1. The lowest BCUT2D eigenvalue weighted by Crippen LogP contribution is -2.22. The number of halogens is 2. The number of hydrogen-bond acceptors (Lipinski definition) is 3. The number of hydrogen-bond donors (Lipinski definition) is 1. The molecule has 2 aromatic rings. The molecule has 1 aromatic heterocycles. The smallest absolute Gasteiger partial charge is 0.387 e. The van der Waals surface area contributed by atoms with Gasteiger partial charge in [-0.05, 0) is 18.7 Å². The largest absolute Gasteiger partial charge is 0.472 e. The lowest BCUT2D eigenvalue weighted by molar-refractivity contribution is -0.0506. The number of para-hydroxylation sites is 1. The van der Waals surface area contributed by atoms with Crippen molar-refractivity contribution in [1.29, 1.82) is 0 Å². The Morgan fingerprint density at radius 2 is 2.05 bits per heavy atom. The number of furan rings is 1. The molecule has 19 heavy (non-hydrogen) atoms. The van der Waals surface area contributed by atoms with Crippen LogP contribution in [0.1, 0.15) is 24.1 Å². The Balaban J connectivity index is 2.36. The second kappa shape index (κ2) is 6.33. The summed E-state index contributed by atoms with van der Waals surface area (Å²) in [4.78, 5) is 0.